The molecule has 0 aliphatic heterocycles. The van der Waals surface area contributed by atoms with E-state index in [-0.39, 0.29) is 37.4 Å². The highest BCUT2D eigenvalue weighted by Crippen LogP contribution is 2.23. The normalized spacial score (nSPS) is 14.7. The zero-order chi connectivity index (χ0) is 27.0. The van der Waals surface area contributed by atoms with Gasteiger partial charge in [-0.2, -0.15) is 0 Å². The summed E-state index contributed by atoms with van der Waals surface area (Å²) in [7, 11) is -2.02. The molecule has 2 aromatic carbocycles. The molecule has 37 heavy (non-hydrogen) atoms. The number of methoxy groups -OCH3 is 1. The van der Waals surface area contributed by atoms with Gasteiger partial charge >= 0.3 is 0 Å². The van der Waals surface area contributed by atoms with Gasteiger partial charge in [-0.05, 0) is 68.1 Å². The highest BCUT2D eigenvalue weighted by molar-refractivity contribution is 7.92. The second kappa shape index (κ2) is 13.1. The van der Waals surface area contributed by atoms with E-state index in [1.165, 1.54) is 4.31 Å². The zero-order valence-electron chi connectivity index (χ0n) is 21.7. The average molecular weight is 550 g/mol. The molecule has 1 aliphatic rings. The second-order valence-electron chi connectivity index (χ2n) is 9.45. The fourth-order valence-electron chi connectivity index (χ4n) is 4.56. The molecule has 8 nitrogen and oxygen atoms in total. The molecule has 0 unspecified atom stereocenters. The standard InChI is InChI=1S/C27H36ClN3O5S/c1-20(27(33)29-23-10-4-5-11-23)30(19-21-8-6-9-22(28)18-21)26(32)12-7-17-31(37(3,34)35)24-13-15-25(36-2)16-14-24/h6,8-9,13-16,18,20,23H,4-5,7,10-12,17,19H2,1-3H3,(H,29,33)/t20-/m1/s1. The van der Waals surface area contributed by atoms with Crippen molar-refractivity contribution in [2.75, 3.05) is 24.2 Å². The number of halogens is 1. The van der Waals surface area contributed by atoms with Gasteiger partial charge in [-0.1, -0.05) is 36.6 Å². The molecule has 0 radical (unpaired) electrons. The van der Waals surface area contributed by atoms with Crippen LogP contribution in [0.1, 0.15) is 51.0 Å². The minimum atomic E-state index is -3.56. The first kappa shape index (κ1) is 28.8. The van der Waals surface area contributed by atoms with Crippen molar-refractivity contribution in [3.05, 3.63) is 59.1 Å². The molecule has 10 heteroatoms. The fraction of sp³-hybridized carbons (Fsp3) is 0.481. The molecule has 0 heterocycles. The number of rotatable bonds is 12. The molecule has 0 spiro atoms. The fourth-order valence-corrected chi connectivity index (χ4v) is 5.74. The van der Waals surface area contributed by atoms with Gasteiger partial charge in [0, 0.05) is 30.6 Å². The van der Waals surface area contributed by atoms with Gasteiger partial charge in [0.1, 0.15) is 11.8 Å². The molecule has 3 rings (SSSR count). The number of nitrogens with zero attached hydrogens (tertiary/aromatic N) is 2. The Kier molecular flexibility index (Phi) is 10.2. The van der Waals surface area contributed by atoms with Crippen LogP contribution in [-0.4, -0.2) is 57.1 Å². The summed E-state index contributed by atoms with van der Waals surface area (Å²) in [5.74, 6) is 0.212. The number of carbonyl (C=O) groups is 2. The molecule has 1 fully saturated rings. The molecule has 0 aromatic heterocycles. The van der Waals surface area contributed by atoms with E-state index >= 15 is 0 Å². The Morgan fingerprint density at radius 3 is 2.41 bits per heavy atom. The molecule has 2 aromatic rings. The zero-order valence-corrected chi connectivity index (χ0v) is 23.2. The minimum Gasteiger partial charge on any atom is -0.497 e. The maximum atomic E-state index is 13.4. The number of nitrogens with one attached hydrogen (secondary N) is 1. The van der Waals surface area contributed by atoms with E-state index in [2.05, 4.69) is 5.32 Å². The van der Waals surface area contributed by atoms with Gasteiger partial charge < -0.3 is 15.0 Å². The number of ether oxygens (including phenoxy) is 1. The van der Waals surface area contributed by atoms with E-state index in [0.29, 0.717) is 22.9 Å². The molecule has 1 saturated carbocycles. The third-order valence-corrected chi connectivity index (χ3v) is 8.05. The maximum absolute atomic E-state index is 13.4. The van der Waals surface area contributed by atoms with E-state index in [9.17, 15) is 18.0 Å². The summed E-state index contributed by atoms with van der Waals surface area (Å²) in [6.45, 7) is 2.09. The molecule has 1 atom stereocenters. The molecule has 1 aliphatic carbocycles. The summed E-state index contributed by atoms with van der Waals surface area (Å²) in [5, 5.41) is 3.63. The lowest BCUT2D eigenvalue weighted by atomic mass is 10.1. The van der Waals surface area contributed by atoms with Crippen molar-refractivity contribution in [2.24, 2.45) is 0 Å². The van der Waals surface area contributed by atoms with Gasteiger partial charge in [-0.3, -0.25) is 13.9 Å². The Bertz CT molecular complexity index is 1170. The highest BCUT2D eigenvalue weighted by Gasteiger charge is 2.28. The largest absolute Gasteiger partial charge is 0.497 e. The predicted octanol–water partition coefficient (Wildman–Crippen LogP) is 4.37. The maximum Gasteiger partial charge on any atom is 0.242 e. The van der Waals surface area contributed by atoms with Crippen LogP contribution >= 0.6 is 11.6 Å². The third kappa shape index (κ3) is 8.36. The van der Waals surface area contributed by atoms with E-state index < -0.39 is 16.1 Å². The van der Waals surface area contributed by atoms with Crippen molar-refractivity contribution in [2.45, 2.75) is 64.1 Å². The Morgan fingerprint density at radius 2 is 1.81 bits per heavy atom. The average Bonchev–Trinajstić information content (AvgIpc) is 3.37. The molecular weight excluding hydrogens is 514 g/mol. The van der Waals surface area contributed by atoms with Crippen molar-refractivity contribution < 1.29 is 22.7 Å². The molecule has 202 valence electrons. The van der Waals surface area contributed by atoms with Crippen LogP contribution in [0, 0.1) is 0 Å². The predicted molar refractivity (Wildman–Crippen MR) is 146 cm³/mol. The van der Waals surface area contributed by atoms with Gasteiger partial charge in [0.05, 0.1) is 19.1 Å². The van der Waals surface area contributed by atoms with Crippen molar-refractivity contribution in [3.63, 3.8) is 0 Å². The van der Waals surface area contributed by atoms with Gasteiger partial charge in [-0.25, -0.2) is 8.42 Å². The van der Waals surface area contributed by atoms with Crippen LogP contribution in [0.5, 0.6) is 5.75 Å². The first-order valence-corrected chi connectivity index (χ1v) is 14.8. The second-order valence-corrected chi connectivity index (χ2v) is 11.8. The van der Waals surface area contributed by atoms with Crippen molar-refractivity contribution in [3.8, 4) is 5.75 Å². The van der Waals surface area contributed by atoms with E-state index in [1.54, 1.807) is 55.3 Å². The topological polar surface area (TPSA) is 96.0 Å². The highest BCUT2D eigenvalue weighted by atomic mass is 35.5. The van der Waals surface area contributed by atoms with Crippen LogP contribution in [0.3, 0.4) is 0 Å². The van der Waals surface area contributed by atoms with Gasteiger partial charge in [0.2, 0.25) is 21.8 Å². The smallest absolute Gasteiger partial charge is 0.242 e. The first-order valence-electron chi connectivity index (χ1n) is 12.5. The molecular formula is C27H36ClN3O5S. The number of benzene rings is 2. The summed E-state index contributed by atoms with van der Waals surface area (Å²) in [5.41, 5.74) is 1.31. The molecule has 2 amide bonds. The van der Waals surface area contributed by atoms with Gasteiger partial charge in [-0.15, -0.1) is 0 Å². The van der Waals surface area contributed by atoms with Crippen molar-refractivity contribution in [1.82, 2.24) is 10.2 Å². The molecule has 0 bridgehead atoms. The first-order chi connectivity index (χ1) is 17.6. The number of sulfonamides is 1. The van der Waals surface area contributed by atoms with Gasteiger partial charge in [0.15, 0.2) is 0 Å². The van der Waals surface area contributed by atoms with Crippen LogP contribution < -0.4 is 14.4 Å². The number of carbonyl (C=O) groups excluding carboxylic acids is 2. The van der Waals surface area contributed by atoms with E-state index in [1.807, 2.05) is 12.1 Å². The number of amides is 2. The Hall–Kier alpha value is -2.78. The van der Waals surface area contributed by atoms with Gasteiger partial charge in [0.25, 0.3) is 0 Å². The lowest BCUT2D eigenvalue weighted by molar-refractivity contribution is -0.141. The van der Waals surface area contributed by atoms with Crippen molar-refractivity contribution in [1.29, 1.82) is 0 Å². The summed E-state index contributed by atoms with van der Waals surface area (Å²) < 4.78 is 31.4. The van der Waals surface area contributed by atoms with E-state index in [0.717, 1.165) is 37.5 Å². The van der Waals surface area contributed by atoms with Crippen LogP contribution in [0.25, 0.3) is 0 Å². The lowest BCUT2D eigenvalue weighted by Crippen LogP contribution is -2.49. The monoisotopic (exact) mass is 549 g/mol. The number of anilines is 1. The number of hydrogen-bond acceptors (Lipinski definition) is 5. The van der Waals surface area contributed by atoms with Crippen LogP contribution in [0.15, 0.2) is 48.5 Å². The summed E-state index contributed by atoms with van der Waals surface area (Å²) in [4.78, 5) is 28.0. The Morgan fingerprint density at radius 1 is 1.14 bits per heavy atom. The Balaban J connectivity index is 1.71. The van der Waals surface area contributed by atoms with Crippen molar-refractivity contribution >= 4 is 39.1 Å². The summed E-state index contributed by atoms with van der Waals surface area (Å²) in [6.07, 6.45) is 5.61. The van der Waals surface area contributed by atoms with Crippen LogP contribution in [0.4, 0.5) is 5.69 Å². The summed E-state index contributed by atoms with van der Waals surface area (Å²) >= 11 is 6.15. The van der Waals surface area contributed by atoms with E-state index in [4.69, 9.17) is 16.3 Å². The van der Waals surface area contributed by atoms with Crippen LogP contribution in [-0.2, 0) is 26.2 Å². The Labute approximate surface area is 225 Å². The quantitative estimate of drug-likeness (QED) is 0.424. The lowest BCUT2D eigenvalue weighted by Gasteiger charge is -2.30. The molecule has 1 N–H and O–H groups in total. The SMILES string of the molecule is COc1ccc(N(CCCC(=O)N(Cc2cccc(Cl)c2)[C@H](C)C(=O)NC2CCCC2)S(C)(=O)=O)cc1. The third-order valence-electron chi connectivity index (χ3n) is 6.62. The summed E-state index contributed by atoms with van der Waals surface area (Å²) in [6, 6.07) is 13.4. The minimum absolute atomic E-state index is 0.0871. The van der Waals surface area contributed by atoms with Crippen LogP contribution in [0.2, 0.25) is 5.02 Å². The molecule has 0 saturated heterocycles. The number of hydrogen-bond donors (Lipinski definition) is 1.